The first-order chi connectivity index (χ1) is 27.1. The summed E-state index contributed by atoms with van der Waals surface area (Å²) in [6, 6.07) is 1.27. The van der Waals surface area contributed by atoms with Crippen LogP contribution in [-0.2, 0) is 29.9 Å². The van der Waals surface area contributed by atoms with E-state index < -0.39 is 50.6 Å². The van der Waals surface area contributed by atoms with Crippen LogP contribution >= 0.6 is 0 Å². The summed E-state index contributed by atoms with van der Waals surface area (Å²) in [7, 11) is 0.531. The van der Waals surface area contributed by atoms with E-state index in [1.165, 1.54) is 13.2 Å². The van der Waals surface area contributed by atoms with Crippen LogP contribution in [0.2, 0.25) is 18.1 Å². The Hall–Kier alpha value is -4.75. The van der Waals surface area contributed by atoms with Crippen molar-refractivity contribution in [2.24, 2.45) is 0 Å². The molecule has 0 aliphatic carbocycles. The lowest BCUT2D eigenvalue weighted by molar-refractivity contribution is -0.158. The topological polar surface area (TPSA) is 147 Å². The molecule has 0 unspecified atom stereocenters. The van der Waals surface area contributed by atoms with Gasteiger partial charge in [0, 0.05) is 23.8 Å². The predicted molar refractivity (Wildman–Crippen MR) is 214 cm³/mol. The van der Waals surface area contributed by atoms with E-state index in [4.69, 9.17) is 42.3 Å². The quantitative estimate of drug-likeness (QED) is 0.0737. The highest BCUT2D eigenvalue weighted by Gasteiger charge is 2.59. The minimum atomic E-state index is -2.54. The van der Waals surface area contributed by atoms with E-state index in [1.54, 1.807) is 31.1 Å². The van der Waals surface area contributed by atoms with Crippen LogP contribution in [0.3, 0.4) is 0 Å². The summed E-state index contributed by atoms with van der Waals surface area (Å²) in [5.41, 5.74) is 3.34. The number of carbonyl (C=O) groups excluding carboxylic acids is 2. The smallest absolute Gasteiger partial charge is 0.411 e. The number of nitrogens with zero attached hydrogens (tertiary/aromatic N) is 3. The van der Waals surface area contributed by atoms with E-state index in [2.05, 4.69) is 53.1 Å². The number of ether oxygens (including phenoxy) is 8. The molecule has 3 aliphatic heterocycles. The fourth-order valence-corrected chi connectivity index (χ4v) is 8.73. The fourth-order valence-electron chi connectivity index (χ4n) is 7.71. The lowest BCUT2D eigenvalue weighted by Gasteiger charge is -2.58. The van der Waals surface area contributed by atoms with Crippen molar-refractivity contribution in [2.75, 3.05) is 54.2 Å². The minimum Gasteiger partial charge on any atom is -0.493 e. The Bertz CT molecular complexity index is 1890. The maximum absolute atomic E-state index is 14.8. The van der Waals surface area contributed by atoms with Gasteiger partial charge in [-0.05, 0) is 62.5 Å². The number of hydrogen-bond acceptors (Lipinski definition) is 13. The average molecular weight is 808 g/mol. The maximum atomic E-state index is 14.8. The molecular formula is C42H57N3O11Si. The van der Waals surface area contributed by atoms with Gasteiger partial charge in [0.15, 0.2) is 38.1 Å². The summed E-state index contributed by atoms with van der Waals surface area (Å²) in [4.78, 5) is 32.7. The van der Waals surface area contributed by atoms with Gasteiger partial charge in [0.05, 0.1) is 44.5 Å². The summed E-state index contributed by atoms with van der Waals surface area (Å²) in [5.74, 6) is 1.37. The van der Waals surface area contributed by atoms with E-state index in [1.807, 2.05) is 24.8 Å². The molecule has 0 radical (unpaired) electrons. The lowest BCUT2D eigenvalue weighted by Crippen LogP contribution is -2.70. The van der Waals surface area contributed by atoms with Gasteiger partial charge in [0.2, 0.25) is 6.79 Å². The molecule has 5 rings (SSSR count). The molecule has 15 heteroatoms. The number of benzene rings is 2. The molecule has 3 heterocycles. The van der Waals surface area contributed by atoms with Crippen molar-refractivity contribution in [2.45, 2.75) is 96.3 Å². The number of nitriles is 1. The van der Waals surface area contributed by atoms with Crippen LogP contribution in [0, 0.1) is 25.2 Å². The summed E-state index contributed by atoms with van der Waals surface area (Å²) in [5, 5.41) is 11.2. The van der Waals surface area contributed by atoms with Crippen LogP contribution in [0.5, 0.6) is 28.7 Å². The molecule has 5 atom stereocenters. The Morgan fingerprint density at radius 2 is 1.75 bits per heavy atom. The third kappa shape index (κ3) is 8.18. The van der Waals surface area contributed by atoms with Gasteiger partial charge in [0.1, 0.15) is 31.0 Å². The maximum Gasteiger partial charge on any atom is 0.411 e. The highest BCUT2D eigenvalue weighted by Crippen LogP contribution is 2.55. The fraction of sp³-hybridized carbons (Fsp3) is 0.548. The molecule has 1 fully saturated rings. The second-order valence-electron chi connectivity index (χ2n) is 15.7. The molecular weight excluding hydrogens is 751 g/mol. The van der Waals surface area contributed by atoms with Crippen LogP contribution in [0.4, 0.5) is 4.79 Å². The molecule has 2 aromatic rings. The first-order valence-corrected chi connectivity index (χ1v) is 22.0. The van der Waals surface area contributed by atoms with Crippen molar-refractivity contribution in [3.05, 3.63) is 65.3 Å². The van der Waals surface area contributed by atoms with Gasteiger partial charge < -0.3 is 42.3 Å². The molecule has 14 nitrogen and oxygen atoms in total. The number of methoxy groups -OCH3 is 2. The monoisotopic (exact) mass is 807 g/mol. The number of amides is 1. The first kappa shape index (κ1) is 43.4. The van der Waals surface area contributed by atoms with Crippen molar-refractivity contribution >= 4 is 20.4 Å². The zero-order chi connectivity index (χ0) is 41.8. The number of esters is 1. The van der Waals surface area contributed by atoms with Crippen molar-refractivity contribution in [3.8, 4) is 34.8 Å². The number of carbonyl (C=O) groups is 2. The zero-order valence-electron chi connectivity index (χ0n) is 34.9. The highest BCUT2D eigenvalue weighted by atomic mass is 28.4. The van der Waals surface area contributed by atoms with Crippen molar-refractivity contribution in [1.29, 1.82) is 5.26 Å². The second-order valence-corrected chi connectivity index (χ2v) is 20.5. The van der Waals surface area contributed by atoms with E-state index in [0.717, 1.165) is 11.1 Å². The van der Waals surface area contributed by atoms with Crippen LogP contribution in [0.1, 0.15) is 67.6 Å². The molecule has 2 bridgehead atoms. The Kier molecular flexibility index (Phi) is 13.5. The number of fused-ring (bicyclic) bond motifs is 5. The van der Waals surface area contributed by atoms with Crippen molar-refractivity contribution in [1.82, 2.24) is 9.80 Å². The molecule has 1 saturated heterocycles. The molecule has 310 valence electrons. The standard InChI is InChI=1S/C42H57N3O11Si/c1-13-16-51-39-33-27(18-25(4)36(39)49-10)19-29-30(21-43)44(31(22-56-57(11,12)42(6,7)8)35(33)45(29)41(47)52-17-14-2)34(40(46)50-15-3)28-20-32(53-23-48-9)26(5)37-38(28)55-24-54-37/h13-14,18,20,29-31,34-35H,1-2,15-17,19,22-24H2,3-12H3/t29-,30-,31-,34+,35-/m0/s1. The van der Waals surface area contributed by atoms with Gasteiger partial charge in [-0.1, -0.05) is 52.1 Å². The normalized spacial score (nSPS) is 20.5. The Labute approximate surface area is 337 Å². The van der Waals surface area contributed by atoms with Gasteiger partial charge in [-0.3, -0.25) is 9.80 Å². The van der Waals surface area contributed by atoms with Crippen LogP contribution in [0.25, 0.3) is 0 Å². The molecule has 3 aliphatic rings. The van der Waals surface area contributed by atoms with Crippen molar-refractivity contribution in [3.63, 3.8) is 0 Å². The van der Waals surface area contributed by atoms with Gasteiger partial charge in [-0.15, -0.1) is 0 Å². The van der Waals surface area contributed by atoms with Gasteiger partial charge in [0.25, 0.3) is 0 Å². The molecule has 1 amide bonds. The van der Waals surface area contributed by atoms with E-state index in [-0.39, 0.29) is 51.5 Å². The minimum absolute atomic E-state index is 0.00216. The van der Waals surface area contributed by atoms with Crippen LogP contribution in [0.15, 0.2) is 37.4 Å². The number of rotatable bonds is 16. The van der Waals surface area contributed by atoms with Gasteiger partial charge in [-0.2, -0.15) is 5.26 Å². The Balaban J connectivity index is 1.89. The summed E-state index contributed by atoms with van der Waals surface area (Å²) >= 11 is 0. The summed E-state index contributed by atoms with van der Waals surface area (Å²) < 4.78 is 54.4. The van der Waals surface area contributed by atoms with Crippen molar-refractivity contribution < 1.29 is 51.9 Å². The van der Waals surface area contributed by atoms with Crippen LogP contribution in [-0.4, -0.2) is 103 Å². The predicted octanol–water partition coefficient (Wildman–Crippen LogP) is 7.08. The third-order valence-corrected chi connectivity index (χ3v) is 15.8. The molecule has 0 aromatic heterocycles. The lowest BCUT2D eigenvalue weighted by atomic mass is 9.76. The van der Waals surface area contributed by atoms with Gasteiger partial charge >= 0.3 is 12.1 Å². The largest absolute Gasteiger partial charge is 0.493 e. The first-order valence-electron chi connectivity index (χ1n) is 19.1. The number of hydrogen-bond donors (Lipinski definition) is 0. The molecule has 0 spiro atoms. The van der Waals surface area contributed by atoms with E-state index in [9.17, 15) is 14.9 Å². The van der Waals surface area contributed by atoms with Crippen LogP contribution < -0.4 is 23.7 Å². The Morgan fingerprint density at radius 3 is 2.37 bits per heavy atom. The highest BCUT2D eigenvalue weighted by molar-refractivity contribution is 6.74. The molecule has 0 saturated carbocycles. The molecule has 2 aromatic carbocycles. The van der Waals surface area contributed by atoms with E-state index >= 15 is 0 Å². The number of piperazine rings is 1. The molecule has 0 N–H and O–H groups in total. The summed E-state index contributed by atoms with van der Waals surface area (Å²) in [6.45, 7) is 23.7. The Morgan fingerprint density at radius 1 is 1.05 bits per heavy atom. The van der Waals surface area contributed by atoms with E-state index in [0.29, 0.717) is 45.4 Å². The number of aryl methyl sites for hydroxylation is 1. The zero-order valence-corrected chi connectivity index (χ0v) is 35.9. The third-order valence-electron chi connectivity index (χ3n) is 11.3. The molecule has 57 heavy (non-hydrogen) atoms. The second kappa shape index (κ2) is 17.8. The average Bonchev–Trinajstić information content (AvgIpc) is 3.66. The summed E-state index contributed by atoms with van der Waals surface area (Å²) in [6.07, 6.45) is 2.69. The van der Waals surface area contributed by atoms with Gasteiger partial charge in [-0.25, -0.2) is 9.59 Å². The SMILES string of the molecule is C=CCOC(=O)N1[C@@H]2c3c(cc(C)c(OC)c3OCC=C)C[C@H]1[C@H](C#N)N([C@@H](C(=O)OCC)c1cc(OCOC)c(C)c3c1OCO3)[C@H]2CO[Si](C)(C)C(C)(C)C.